The van der Waals surface area contributed by atoms with Gasteiger partial charge in [0.25, 0.3) is 0 Å². The van der Waals surface area contributed by atoms with E-state index in [-0.39, 0.29) is 36.5 Å². The van der Waals surface area contributed by atoms with E-state index in [2.05, 4.69) is 18.7 Å². The van der Waals surface area contributed by atoms with Gasteiger partial charge in [0.05, 0.1) is 12.2 Å². The lowest BCUT2D eigenvalue weighted by Gasteiger charge is -2.54. The molecule has 2 fully saturated rings. The van der Waals surface area contributed by atoms with Crippen LogP contribution in [0.25, 0.3) is 0 Å². The van der Waals surface area contributed by atoms with E-state index in [1.165, 1.54) is 0 Å². The summed E-state index contributed by atoms with van der Waals surface area (Å²) in [7, 11) is 0. The maximum atomic E-state index is 11.0. The minimum absolute atomic E-state index is 0.0586. The Kier molecular flexibility index (Phi) is 5.70. The van der Waals surface area contributed by atoms with Crippen molar-refractivity contribution in [1.82, 2.24) is 4.90 Å². The van der Waals surface area contributed by atoms with Crippen molar-refractivity contribution in [2.45, 2.75) is 63.5 Å². The fourth-order valence-electron chi connectivity index (χ4n) is 5.69. The van der Waals surface area contributed by atoms with Crippen molar-refractivity contribution in [2.75, 3.05) is 13.2 Å². The van der Waals surface area contributed by atoms with Crippen molar-refractivity contribution in [2.24, 2.45) is 5.92 Å². The number of likely N-dealkylation sites (tertiary alicyclic amines) is 1. The molecule has 2 aromatic rings. The van der Waals surface area contributed by atoms with Gasteiger partial charge in [0.1, 0.15) is 22.8 Å². The summed E-state index contributed by atoms with van der Waals surface area (Å²) in [6.07, 6.45) is 3.05. The summed E-state index contributed by atoms with van der Waals surface area (Å²) < 4.78 is 18.6. The number of phenolic OH excluding ortho intramolecular Hbond substituents is 1. The number of phenols is 1. The Morgan fingerprint density at radius 1 is 1.24 bits per heavy atom. The van der Waals surface area contributed by atoms with Gasteiger partial charge >= 0.3 is 5.97 Å². The van der Waals surface area contributed by atoms with Crippen LogP contribution >= 0.6 is 0 Å². The Balaban J connectivity index is 1.39. The number of carboxylic acid groups (broad SMARTS) is 1. The van der Waals surface area contributed by atoms with Crippen LogP contribution in [0.15, 0.2) is 42.5 Å². The Morgan fingerprint density at radius 2 is 2.06 bits per heavy atom. The molecule has 0 aliphatic carbocycles. The normalized spacial score (nSPS) is 28.1. The zero-order chi connectivity index (χ0) is 23.2. The van der Waals surface area contributed by atoms with E-state index in [0.717, 1.165) is 36.9 Å². The molecule has 7 nitrogen and oxygen atoms in total. The maximum absolute atomic E-state index is 11.0. The standard InChI is InChI=1S/C26H31NO6/c1-26(2)19-13-20-22(32-25(19)18-10-9-17(28)12-23(18)33-26)8-5-11-27(20)14-16-6-3-4-7-21(16)31-15-24(29)30/h3-4,6-7,9-10,12,19-20,22,25,28H,5,8,11,13-15H2,1-2H3,(H,29,30)/t19-,20-,22-,25+/m1/s1. The van der Waals surface area contributed by atoms with Crippen LogP contribution in [0, 0.1) is 5.92 Å². The van der Waals surface area contributed by atoms with Gasteiger partial charge in [0.2, 0.25) is 0 Å². The van der Waals surface area contributed by atoms with Crippen molar-refractivity contribution in [3.05, 3.63) is 53.6 Å². The van der Waals surface area contributed by atoms with E-state index < -0.39 is 11.6 Å². The van der Waals surface area contributed by atoms with Crippen LogP contribution in [0.2, 0.25) is 0 Å². The molecule has 7 heteroatoms. The van der Waals surface area contributed by atoms with Crippen molar-refractivity contribution in [3.8, 4) is 17.2 Å². The van der Waals surface area contributed by atoms with Crippen molar-refractivity contribution >= 4 is 5.97 Å². The number of aliphatic carboxylic acids is 1. The monoisotopic (exact) mass is 453 g/mol. The summed E-state index contributed by atoms with van der Waals surface area (Å²) in [5.74, 6) is 0.713. The average Bonchev–Trinajstić information content (AvgIpc) is 2.77. The molecule has 0 saturated carbocycles. The molecule has 3 aliphatic heterocycles. The number of rotatable bonds is 5. The van der Waals surface area contributed by atoms with E-state index in [1.807, 2.05) is 30.3 Å². The van der Waals surface area contributed by atoms with Crippen LogP contribution in [0.4, 0.5) is 0 Å². The van der Waals surface area contributed by atoms with E-state index >= 15 is 0 Å². The second-order valence-electron chi connectivity index (χ2n) is 9.84. The summed E-state index contributed by atoms with van der Waals surface area (Å²) in [5, 5.41) is 18.9. The lowest BCUT2D eigenvalue weighted by atomic mass is 9.72. The second kappa shape index (κ2) is 8.54. The zero-order valence-corrected chi connectivity index (χ0v) is 19.1. The number of hydrogen-bond acceptors (Lipinski definition) is 6. The number of hydrogen-bond donors (Lipinski definition) is 2. The third-order valence-electron chi connectivity index (χ3n) is 7.28. The van der Waals surface area contributed by atoms with Crippen LogP contribution in [0.5, 0.6) is 17.2 Å². The lowest BCUT2D eigenvalue weighted by Crippen LogP contribution is -2.58. The van der Waals surface area contributed by atoms with Gasteiger partial charge in [-0.2, -0.15) is 0 Å². The first-order valence-corrected chi connectivity index (χ1v) is 11.7. The fourth-order valence-corrected chi connectivity index (χ4v) is 5.69. The Morgan fingerprint density at radius 3 is 2.88 bits per heavy atom. The van der Waals surface area contributed by atoms with Gasteiger partial charge in [-0.3, -0.25) is 4.90 Å². The summed E-state index contributed by atoms with van der Waals surface area (Å²) in [4.78, 5) is 13.4. The molecule has 4 atom stereocenters. The third-order valence-corrected chi connectivity index (χ3v) is 7.28. The minimum atomic E-state index is -0.984. The number of fused-ring (bicyclic) bond motifs is 4. The van der Waals surface area contributed by atoms with E-state index in [4.69, 9.17) is 19.3 Å². The number of aromatic hydroxyl groups is 1. The second-order valence-corrected chi connectivity index (χ2v) is 9.84. The van der Waals surface area contributed by atoms with Crippen LogP contribution in [0.3, 0.4) is 0 Å². The predicted octanol–water partition coefficient (Wildman–Crippen LogP) is 4.14. The number of nitrogens with zero attached hydrogens (tertiary/aromatic N) is 1. The van der Waals surface area contributed by atoms with Gasteiger partial charge in [-0.05, 0) is 57.9 Å². The number of benzene rings is 2. The highest BCUT2D eigenvalue weighted by Crippen LogP contribution is 2.53. The van der Waals surface area contributed by atoms with Crippen molar-refractivity contribution in [1.29, 1.82) is 0 Å². The Bertz CT molecular complexity index is 1040. The van der Waals surface area contributed by atoms with Crippen LogP contribution in [-0.2, 0) is 16.1 Å². The van der Waals surface area contributed by atoms with Gasteiger partial charge in [-0.1, -0.05) is 18.2 Å². The molecule has 0 unspecified atom stereocenters. The number of piperidine rings is 1. The third kappa shape index (κ3) is 4.27. The quantitative estimate of drug-likeness (QED) is 0.703. The largest absolute Gasteiger partial charge is 0.508 e. The lowest BCUT2D eigenvalue weighted by molar-refractivity contribution is -0.190. The molecular weight excluding hydrogens is 422 g/mol. The maximum Gasteiger partial charge on any atom is 0.341 e. The Labute approximate surface area is 193 Å². The molecule has 0 amide bonds. The number of para-hydroxylation sites is 1. The molecule has 0 spiro atoms. The van der Waals surface area contributed by atoms with Crippen molar-refractivity contribution < 1.29 is 29.2 Å². The summed E-state index contributed by atoms with van der Waals surface area (Å²) in [6, 6.07) is 13.2. The molecule has 5 rings (SSSR count). The molecule has 176 valence electrons. The Hall–Kier alpha value is -2.77. The van der Waals surface area contributed by atoms with E-state index in [1.54, 1.807) is 12.1 Å². The van der Waals surface area contributed by atoms with Gasteiger partial charge in [0.15, 0.2) is 6.61 Å². The highest BCUT2D eigenvalue weighted by atomic mass is 16.5. The summed E-state index contributed by atoms with van der Waals surface area (Å²) in [5.41, 5.74) is 1.57. The first kappa shape index (κ1) is 22.0. The molecule has 33 heavy (non-hydrogen) atoms. The molecule has 2 aromatic carbocycles. The van der Waals surface area contributed by atoms with E-state index in [0.29, 0.717) is 18.0 Å². The zero-order valence-electron chi connectivity index (χ0n) is 19.1. The molecule has 2 saturated heterocycles. The van der Waals surface area contributed by atoms with Crippen molar-refractivity contribution in [3.63, 3.8) is 0 Å². The van der Waals surface area contributed by atoms with Gasteiger partial charge in [0, 0.05) is 35.7 Å². The summed E-state index contributed by atoms with van der Waals surface area (Å²) in [6.45, 7) is 5.49. The first-order valence-electron chi connectivity index (χ1n) is 11.7. The predicted molar refractivity (Wildman–Crippen MR) is 122 cm³/mol. The minimum Gasteiger partial charge on any atom is -0.508 e. The van der Waals surface area contributed by atoms with E-state index in [9.17, 15) is 9.90 Å². The number of ether oxygens (including phenoxy) is 3. The molecule has 0 aromatic heterocycles. The summed E-state index contributed by atoms with van der Waals surface area (Å²) >= 11 is 0. The fraction of sp³-hybridized carbons (Fsp3) is 0.500. The smallest absolute Gasteiger partial charge is 0.341 e. The number of carbonyl (C=O) groups is 1. The molecule has 3 heterocycles. The highest BCUT2D eigenvalue weighted by Gasteiger charge is 2.52. The SMILES string of the molecule is CC1(C)Oc2cc(O)ccc2[C@@H]2O[C@@H]3CCCN(Cc4ccccc4OCC(=O)O)[C@@H]3C[C@H]21. The topological polar surface area (TPSA) is 88.5 Å². The van der Waals surface area contributed by atoms with Gasteiger partial charge in [-0.25, -0.2) is 4.79 Å². The molecule has 3 aliphatic rings. The number of carboxylic acids is 1. The van der Waals surface area contributed by atoms with Crippen LogP contribution < -0.4 is 9.47 Å². The molecular formula is C26H31NO6. The van der Waals surface area contributed by atoms with Gasteiger partial charge < -0.3 is 24.4 Å². The first-order chi connectivity index (χ1) is 15.8. The molecule has 0 radical (unpaired) electrons. The van der Waals surface area contributed by atoms with Crippen LogP contribution in [-0.4, -0.2) is 52.0 Å². The van der Waals surface area contributed by atoms with Crippen LogP contribution in [0.1, 0.15) is 50.3 Å². The molecule has 2 N–H and O–H groups in total. The average molecular weight is 454 g/mol. The molecule has 0 bridgehead atoms. The highest BCUT2D eigenvalue weighted by molar-refractivity contribution is 5.68. The van der Waals surface area contributed by atoms with Gasteiger partial charge in [-0.15, -0.1) is 0 Å².